The molecule has 5 nitrogen and oxygen atoms in total. The van der Waals surface area contributed by atoms with Crippen molar-refractivity contribution >= 4 is 11.9 Å². The number of hydrogen-bond acceptors (Lipinski definition) is 3. The van der Waals surface area contributed by atoms with Crippen LogP contribution in [0.5, 0.6) is 0 Å². The highest BCUT2D eigenvalue weighted by molar-refractivity contribution is 5.82. The molecule has 0 aliphatic carbocycles. The minimum Gasteiger partial charge on any atom is -0.479 e. The monoisotopic (exact) mass is 213 g/mol. The molecule has 5 heteroatoms. The number of carboxylic acid groups (broad SMARTS) is 1. The van der Waals surface area contributed by atoms with Crippen LogP contribution in [0.4, 0.5) is 0 Å². The third-order valence-corrected chi connectivity index (χ3v) is 2.35. The molecule has 1 heterocycles. The van der Waals surface area contributed by atoms with E-state index in [-0.39, 0.29) is 5.91 Å². The van der Waals surface area contributed by atoms with Crippen LogP contribution < -0.4 is 0 Å². The van der Waals surface area contributed by atoms with Crippen molar-refractivity contribution in [3.63, 3.8) is 0 Å². The summed E-state index contributed by atoms with van der Waals surface area (Å²) in [5.74, 6) is -1.18. The highest BCUT2D eigenvalue weighted by Crippen LogP contribution is 2.21. The van der Waals surface area contributed by atoms with Crippen molar-refractivity contribution < 1.29 is 19.4 Å². The summed E-state index contributed by atoms with van der Waals surface area (Å²) >= 11 is 0. The number of nitrogens with zero attached hydrogens (tertiary/aromatic N) is 1. The third kappa shape index (κ3) is 2.79. The van der Waals surface area contributed by atoms with E-state index >= 15 is 0 Å². The molecule has 0 unspecified atom stereocenters. The van der Waals surface area contributed by atoms with Gasteiger partial charge in [-0.3, -0.25) is 4.79 Å². The summed E-state index contributed by atoms with van der Waals surface area (Å²) in [4.78, 5) is 23.7. The Bertz CT molecular complexity index is 277. The van der Waals surface area contributed by atoms with Crippen molar-refractivity contribution in [2.75, 3.05) is 13.6 Å². The zero-order valence-electron chi connectivity index (χ0n) is 8.68. The van der Waals surface area contributed by atoms with Gasteiger partial charge in [0.15, 0.2) is 6.10 Å². The first-order valence-corrected chi connectivity index (χ1v) is 4.80. The van der Waals surface area contributed by atoms with Gasteiger partial charge < -0.3 is 14.7 Å². The Kier molecular flexibility index (Phi) is 3.85. The Morgan fingerprint density at radius 2 is 2.13 bits per heavy atom. The van der Waals surface area contributed by atoms with E-state index in [1.807, 2.05) is 0 Å². The number of carbonyl (C=O) groups excluding carboxylic acids is 1. The average Bonchev–Trinajstić information content (AvgIpc) is 2.65. The number of carboxylic acids is 1. The molecule has 0 bridgehead atoms. The smallest absolute Gasteiger partial charge is 0.332 e. The van der Waals surface area contributed by atoms with Crippen LogP contribution in [0.1, 0.15) is 12.8 Å². The number of aliphatic carboxylic acids is 1. The molecule has 1 aliphatic heterocycles. The molecule has 0 saturated carbocycles. The molecule has 1 saturated heterocycles. The second-order valence-electron chi connectivity index (χ2n) is 3.54. The SMILES string of the molecule is C=CCN(C)C(=O)[C@@H]1CC[C@H](C(=O)O)O1. The second-order valence-corrected chi connectivity index (χ2v) is 3.54. The van der Waals surface area contributed by atoms with E-state index in [0.29, 0.717) is 19.4 Å². The van der Waals surface area contributed by atoms with E-state index < -0.39 is 18.2 Å². The van der Waals surface area contributed by atoms with E-state index in [9.17, 15) is 9.59 Å². The summed E-state index contributed by atoms with van der Waals surface area (Å²) in [6, 6.07) is 0. The van der Waals surface area contributed by atoms with Crippen molar-refractivity contribution in [3.05, 3.63) is 12.7 Å². The molecule has 1 aliphatic rings. The van der Waals surface area contributed by atoms with Crippen LogP contribution in [-0.2, 0) is 14.3 Å². The molecule has 1 amide bonds. The molecule has 1 fully saturated rings. The van der Waals surface area contributed by atoms with E-state index in [1.54, 1.807) is 13.1 Å². The largest absolute Gasteiger partial charge is 0.479 e. The maximum atomic E-state index is 11.7. The Labute approximate surface area is 88.3 Å². The van der Waals surface area contributed by atoms with E-state index in [1.165, 1.54) is 4.90 Å². The van der Waals surface area contributed by atoms with Crippen LogP contribution in [0.25, 0.3) is 0 Å². The molecule has 0 radical (unpaired) electrons. The van der Waals surface area contributed by atoms with Gasteiger partial charge in [0.2, 0.25) is 0 Å². The van der Waals surface area contributed by atoms with Crippen molar-refractivity contribution in [1.29, 1.82) is 0 Å². The summed E-state index contributed by atoms with van der Waals surface area (Å²) in [6.45, 7) is 3.96. The van der Waals surface area contributed by atoms with Crippen molar-refractivity contribution in [2.24, 2.45) is 0 Å². The molecule has 15 heavy (non-hydrogen) atoms. The zero-order valence-corrected chi connectivity index (χ0v) is 8.68. The molecule has 84 valence electrons. The van der Waals surface area contributed by atoms with Gasteiger partial charge in [-0.2, -0.15) is 0 Å². The van der Waals surface area contributed by atoms with Crippen LogP contribution >= 0.6 is 0 Å². The molecular weight excluding hydrogens is 198 g/mol. The van der Waals surface area contributed by atoms with Crippen molar-refractivity contribution in [1.82, 2.24) is 4.90 Å². The minimum absolute atomic E-state index is 0.182. The Morgan fingerprint density at radius 1 is 1.53 bits per heavy atom. The second kappa shape index (κ2) is 4.93. The quantitative estimate of drug-likeness (QED) is 0.680. The summed E-state index contributed by atoms with van der Waals surface area (Å²) in [6.07, 6.45) is 1.03. The van der Waals surface area contributed by atoms with Crippen molar-refractivity contribution in [3.8, 4) is 0 Å². The number of rotatable bonds is 4. The zero-order chi connectivity index (χ0) is 11.4. The van der Waals surface area contributed by atoms with Crippen LogP contribution in [0.3, 0.4) is 0 Å². The van der Waals surface area contributed by atoms with Crippen LogP contribution in [0.2, 0.25) is 0 Å². The lowest BCUT2D eigenvalue weighted by Crippen LogP contribution is -2.37. The standard InChI is InChI=1S/C10H15NO4/c1-3-6-11(2)9(12)7-4-5-8(15-7)10(13)14/h3,7-8H,1,4-6H2,2H3,(H,13,14)/t7-,8+/m0/s1. The lowest BCUT2D eigenvalue weighted by Gasteiger charge is -2.19. The fraction of sp³-hybridized carbons (Fsp3) is 0.600. The van der Waals surface area contributed by atoms with Gasteiger partial charge in [-0.25, -0.2) is 4.79 Å². The molecule has 0 spiro atoms. The van der Waals surface area contributed by atoms with Gasteiger partial charge in [0.05, 0.1) is 0 Å². The number of amides is 1. The predicted molar refractivity (Wildman–Crippen MR) is 53.4 cm³/mol. The topological polar surface area (TPSA) is 66.8 Å². The summed E-state index contributed by atoms with van der Waals surface area (Å²) in [5, 5.41) is 8.69. The van der Waals surface area contributed by atoms with Gasteiger partial charge in [-0.1, -0.05) is 6.08 Å². The highest BCUT2D eigenvalue weighted by atomic mass is 16.5. The van der Waals surface area contributed by atoms with Gasteiger partial charge in [0, 0.05) is 13.6 Å². The molecule has 0 aromatic carbocycles. The highest BCUT2D eigenvalue weighted by Gasteiger charge is 2.35. The number of likely N-dealkylation sites (N-methyl/N-ethyl adjacent to an activating group) is 1. The summed E-state index contributed by atoms with van der Waals surface area (Å²) in [7, 11) is 1.64. The average molecular weight is 213 g/mol. The normalized spacial score (nSPS) is 24.9. The van der Waals surface area contributed by atoms with Gasteiger partial charge in [0.25, 0.3) is 5.91 Å². The predicted octanol–water partition coefficient (Wildman–Crippen LogP) is 0.263. The summed E-state index contributed by atoms with van der Waals surface area (Å²) in [5.41, 5.74) is 0. The van der Waals surface area contributed by atoms with Gasteiger partial charge in [-0.05, 0) is 12.8 Å². The van der Waals surface area contributed by atoms with Crippen molar-refractivity contribution in [2.45, 2.75) is 25.0 Å². The Morgan fingerprint density at radius 3 is 2.60 bits per heavy atom. The van der Waals surface area contributed by atoms with Crippen LogP contribution in [-0.4, -0.2) is 47.7 Å². The van der Waals surface area contributed by atoms with E-state index in [2.05, 4.69) is 6.58 Å². The number of carbonyl (C=O) groups is 2. The third-order valence-electron chi connectivity index (χ3n) is 2.35. The van der Waals surface area contributed by atoms with Gasteiger partial charge in [0.1, 0.15) is 6.10 Å². The first kappa shape index (κ1) is 11.7. The van der Waals surface area contributed by atoms with Gasteiger partial charge in [-0.15, -0.1) is 6.58 Å². The Hall–Kier alpha value is -1.36. The fourth-order valence-corrected chi connectivity index (χ4v) is 1.53. The molecule has 2 atom stereocenters. The maximum Gasteiger partial charge on any atom is 0.332 e. The first-order chi connectivity index (χ1) is 7.06. The number of ether oxygens (including phenoxy) is 1. The molecular formula is C10H15NO4. The summed E-state index contributed by atoms with van der Waals surface area (Å²) < 4.78 is 5.13. The van der Waals surface area contributed by atoms with Crippen LogP contribution in [0, 0.1) is 0 Å². The maximum absolute atomic E-state index is 11.7. The lowest BCUT2D eigenvalue weighted by molar-refractivity contribution is -0.154. The minimum atomic E-state index is -1.00. The van der Waals surface area contributed by atoms with E-state index in [4.69, 9.17) is 9.84 Å². The van der Waals surface area contributed by atoms with Crippen LogP contribution in [0.15, 0.2) is 12.7 Å². The van der Waals surface area contributed by atoms with E-state index in [0.717, 1.165) is 0 Å². The molecule has 0 aromatic heterocycles. The van der Waals surface area contributed by atoms with Gasteiger partial charge >= 0.3 is 5.97 Å². The molecule has 1 rings (SSSR count). The Balaban J connectivity index is 2.49. The number of hydrogen-bond donors (Lipinski definition) is 1. The fourth-order valence-electron chi connectivity index (χ4n) is 1.53. The first-order valence-electron chi connectivity index (χ1n) is 4.80. The molecule has 1 N–H and O–H groups in total. The molecule has 0 aromatic rings. The lowest BCUT2D eigenvalue weighted by atomic mass is 10.2.